The Morgan fingerprint density at radius 2 is 2.10 bits per heavy atom. The van der Waals surface area contributed by atoms with Gasteiger partial charge in [-0.2, -0.15) is 4.98 Å². The quantitative estimate of drug-likeness (QED) is 0.523. The number of nitro groups is 1. The molecule has 0 unspecified atom stereocenters. The summed E-state index contributed by atoms with van der Waals surface area (Å²) in [6, 6.07) is 5.47. The molecule has 0 atom stereocenters. The van der Waals surface area contributed by atoms with Gasteiger partial charge in [-0.15, -0.1) is 0 Å². The zero-order chi connectivity index (χ0) is 14.7. The van der Waals surface area contributed by atoms with Crippen molar-refractivity contribution in [2.24, 2.45) is 0 Å². The predicted octanol–water partition coefficient (Wildman–Crippen LogP) is 2.42. The molecule has 0 spiro atoms. The standard InChI is InChI=1S/C11H9ClN4O4/c1-19-8-3-2-6(4-7(8)16(17)18)20-10-5-9(12)14-11(13)15-10/h2-5H,1H3,(H2,13,14,15). The zero-order valence-corrected chi connectivity index (χ0v) is 11.0. The van der Waals surface area contributed by atoms with E-state index < -0.39 is 4.92 Å². The van der Waals surface area contributed by atoms with Crippen molar-refractivity contribution in [3.8, 4) is 17.4 Å². The molecule has 0 aliphatic carbocycles. The maximum atomic E-state index is 10.9. The van der Waals surface area contributed by atoms with Gasteiger partial charge in [-0.3, -0.25) is 10.1 Å². The molecule has 0 fully saturated rings. The summed E-state index contributed by atoms with van der Waals surface area (Å²) in [4.78, 5) is 17.8. The number of halogens is 1. The van der Waals surface area contributed by atoms with E-state index in [-0.39, 0.29) is 34.2 Å². The second-order valence-electron chi connectivity index (χ2n) is 3.58. The van der Waals surface area contributed by atoms with Gasteiger partial charge in [-0.1, -0.05) is 11.6 Å². The van der Waals surface area contributed by atoms with Crippen molar-refractivity contribution in [1.82, 2.24) is 9.97 Å². The molecule has 0 radical (unpaired) electrons. The lowest BCUT2D eigenvalue weighted by molar-refractivity contribution is -0.385. The first-order valence-corrected chi connectivity index (χ1v) is 5.67. The van der Waals surface area contributed by atoms with E-state index in [1.54, 1.807) is 0 Å². The lowest BCUT2D eigenvalue weighted by Gasteiger charge is -2.07. The highest BCUT2D eigenvalue weighted by Gasteiger charge is 2.16. The number of anilines is 1. The smallest absolute Gasteiger partial charge is 0.314 e. The Balaban J connectivity index is 2.34. The molecule has 2 aromatic rings. The van der Waals surface area contributed by atoms with E-state index in [0.29, 0.717) is 0 Å². The van der Waals surface area contributed by atoms with Gasteiger partial charge in [0.1, 0.15) is 10.9 Å². The van der Waals surface area contributed by atoms with Gasteiger partial charge in [0.2, 0.25) is 11.8 Å². The Labute approximate surface area is 118 Å². The van der Waals surface area contributed by atoms with E-state index in [1.165, 1.54) is 31.4 Å². The normalized spacial score (nSPS) is 10.1. The van der Waals surface area contributed by atoms with Crippen LogP contribution in [0.1, 0.15) is 0 Å². The molecule has 1 aromatic carbocycles. The van der Waals surface area contributed by atoms with Gasteiger partial charge in [0.25, 0.3) is 0 Å². The maximum absolute atomic E-state index is 10.9. The van der Waals surface area contributed by atoms with Crippen LogP contribution in [0.4, 0.5) is 11.6 Å². The molecule has 1 heterocycles. The Morgan fingerprint density at radius 3 is 2.70 bits per heavy atom. The summed E-state index contributed by atoms with van der Waals surface area (Å²) in [5.41, 5.74) is 5.20. The van der Waals surface area contributed by atoms with Crippen LogP contribution in [0.5, 0.6) is 17.4 Å². The van der Waals surface area contributed by atoms with Crippen LogP contribution in [0.15, 0.2) is 24.3 Å². The van der Waals surface area contributed by atoms with E-state index in [1.807, 2.05) is 0 Å². The number of aromatic nitrogens is 2. The number of methoxy groups -OCH3 is 1. The molecule has 0 bridgehead atoms. The lowest BCUT2D eigenvalue weighted by Crippen LogP contribution is -1.98. The summed E-state index contributed by atoms with van der Waals surface area (Å²) >= 11 is 5.71. The highest BCUT2D eigenvalue weighted by Crippen LogP contribution is 2.32. The molecule has 8 nitrogen and oxygen atoms in total. The molecule has 20 heavy (non-hydrogen) atoms. The predicted molar refractivity (Wildman–Crippen MR) is 71.2 cm³/mol. The fourth-order valence-electron chi connectivity index (χ4n) is 1.46. The van der Waals surface area contributed by atoms with Gasteiger partial charge in [-0.25, -0.2) is 4.98 Å². The Hall–Kier alpha value is -2.61. The zero-order valence-electron chi connectivity index (χ0n) is 10.2. The molecule has 104 valence electrons. The van der Waals surface area contributed by atoms with E-state index >= 15 is 0 Å². The summed E-state index contributed by atoms with van der Waals surface area (Å²) in [7, 11) is 1.34. The van der Waals surface area contributed by atoms with Crippen molar-refractivity contribution < 1.29 is 14.4 Å². The minimum atomic E-state index is -0.576. The second-order valence-corrected chi connectivity index (χ2v) is 3.97. The Morgan fingerprint density at radius 1 is 1.35 bits per heavy atom. The largest absolute Gasteiger partial charge is 0.490 e. The van der Waals surface area contributed by atoms with Crippen molar-refractivity contribution in [3.05, 3.63) is 39.5 Å². The number of nitrogens with zero attached hydrogens (tertiary/aromatic N) is 3. The van der Waals surface area contributed by atoms with Crippen molar-refractivity contribution >= 4 is 23.2 Å². The monoisotopic (exact) mass is 296 g/mol. The third-order valence-electron chi connectivity index (χ3n) is 2.26. The van der Waals surface area contributed by atoms with E-state index in [4.69, 9.17) is 26.8 Å². The second kappa shape index (κ2) is 5.57. The first-order chi connectivity index (χ1) is 9.49. The third kappa shape index (κ3) is 3.04. The number of hydrogen-bond donors (Lipinski definition) is 1. The molecule has 0 saturated heterocycles. The number of hydrogen-bond acceptors (Lipinski definition) is 7. The minimum absolute atomic E-state index is 0.0597. The molecule has 0 aliphatic heterocycles. The van der Waals surface area contributed by atoms with Gasteiger partial charge < -0.3 is 15.2 Å². The van der Waals surface area contributed by atoms with Crippen LogP contribution in [0, 0.1) is 10.1 Å². The van der Waals surface area contributed by atoms with Crippen molar-refractivity contribution in [1.29, 1.82) is 0 Å². The molecular formula is C11H9ClN4O4. The fraction of sp³-hybridized carbons (Fsp3) is 0.0909. The van der Waals surface area contributed by atoms with Crippen LogP contribution in [0.25, 0.3) is 0 Å². The summed E-state index contributed by atoms with van der Waals surface area (Å²) < 4.78 is 10.2. The molecular weight excluding hydrogens is 288 g/mol. The summed E-state index contributed by atoms with van der Waals surface area (Å²) in [6.07, 6.45) is 0. The molecule has 0 amide bonds. The lowest BCUT2D eigenvalue weighted by atomic mass is 10.3. The molecule has 0 saturated carbocycles. The first kappa shape index (κ1) is 13.8. The summed E-state index contributed by atoms with van der Waals surface area (Å²) in [6.45, 7) is 0. The number of nitro benzene ring substituents is 1. The Kier molecular flexibility index (Phi) is 3.85. The average Bonchev–Trinajstić information content (AvgIpc) is 2.37. The van der Waals surface area contributed by atoms with Gasteiger partial charge in [0.15, 0.2) is 5.75 Å². The maximum Gasteiger partial charge on any atom is 0.314 e. The van der Waals surface area contributed by atoms with Gasteiger partial charge in [0, 0.05) is 6.07 Å². The molecule has 1 aromatic heterocycles. The van der Waals surface area contributed by atoms with Crippen LogP contribution in [0.2, 0.25) is 5.15 Å². The minimum Gasteiger partial charge on any atom is -0.490 e. The highest BCUT2D eigenvalue weighted by atomic mass is 35.5. The van der Waals surface area contributed by atoms with E-state index in [2.05, 4.69) is 9.97 Å². The van der Waals surface area contributed by atoms with Crippen LogP contribution in [0.3, 0.4) is 0 Å². The SMILES string of the molecule is COc1ccc(Oc2cc(Cl)nc(N)n2)cc1[N+](=O)[O-]. The number of nitrogens with two attached hydrogens (primary N) is 1. The van der Waals surface area contributed by atoms with E-state index in [9.17, 15) is 10.1 Å². The third-order valence-corrected chi connectivity index (χ3v) is 2.45. The number of benzene rings is 1. The van der Waals surface area contributed by atoms with Crippen molar-refractivity contribution in [2.45, 2.75) is 0 Å². The molecule has 9 heteroatoms. The van der Waals surface area contributed by atoms with E-state index in [0.717, 1.165) is 0 Å². The van der Waals surface area contributed by atoms with Gasteiger partial charge in [-0.05, 0) is 12.1 Å². The van der Waals surface area contributed by atoms with Gasteiger partial charge >= 0.3 is 5.69 Å². The fourth-order valence-corrected chi connectivity index (χ4v) is 1.64. The van der Waals surface area contributed by atoms with Crippen LogP contribution >= 0.6 is 11.6 Å². The highest BCUT2D eigenvalue weighted by molar-refractivity contribution is 6.29. The molecule has 0 aliphatic rings. The summed E-state index contributed by atoms with van der Waals surface area (Å²) in [5, 5.41) is 11.0. The average molecular weight is 297 g/mol. The number of ether oxygens (including phenoxy) is 2. The molecule has 2 N–H and O–H groups in total. The number of nitrogen functional groups attached to an aromatic ring is 1. The first-order valence-electron chi connectivity index (χ1n) is 5.30. The van der Waals surface area contributed by atoms with Crippen molar-refractivity contribution in [2.75, 3.05) is 12.8 Å². The van der Waals surface area contributed by atoms with Gasteiger partial charge in [0.05, 0.1) is 18.1 Å². The van der Waals surface area contributed by atoms with Crippen LogP contribution in [-0.2, 0) is 0 Å². The van der Waals surface area contributed by atoms with Crippen LogP contribution < -0.4 is 15.2 Å². The number of rotatable bonds is 4. The topological polar surface area (TPSA) is 113 Å². The van der Waals surface area contributed by atoms with Crippen LogP contribution in [-0.4, -0.2) is 22.0 Å². The Bertz CT molecular complexity index is 645. The summed E-state index contributed by atoms with van der Waals surface area (Å²) in [5.74, 6) is 0.353. The molecule has 2 rings (SSSR count). The van der Waals surface area contributed by atoms with Crippen molar-refractivity contribution in [3.63, 3.8) is 0 Å².